The highest BCUT2D eigenvalue weighted by Crippen LogP contribution is 2.31. The largest absolute Gasteiger partial charge is 0.487 e. The second kappa shape index (κ2) is 30.0. The Morgan fingerprint density at radius 3 is 1.44 bits per heavy atom. The van der Waals surface area contributed by atoms with Gasteiger partial charge >= 0.3 is 23.9 Å². The Labute approximate surface area is 460 Å². The lowest BCUT2D eigenvalue weighted by Gasteiger charge is -2.24. The van der Waals surface area contributed by atoms with Crippen LogP contribution in [0, 0.1) is 22.7 Å². The topological polar surface area (TPSA) is 330 Å². The van der Waals surface area contributed by atoms with Crippen LogP contribution < -0.4 is 20.1 Å². The number of aromatic nitrogens is 8. The van der Waals surface area contributed by atoms with Crippen molar-refractivity contribution in [3.8, 4) is 35.3 Å². The first-order chi connectivity index (χ1) is 38.7. The van der Waals surface area contributed by atoms with Crippen LogP contribution in [0.5, 0.6) is 11.5 Å². The van der Waals surface area contributed by atoms with Gasteiger partial charge in [0, 0.05) is 63.0 Å². The molecule has 6 aromatic heterocycles. The Morgan fingerprint density at radius 1 is 0.613 bits per heavy atom. The van der Waals surface area contributed by atoms with E-state index < -0.39 is 29.5 Å². The van der Waals surface area contributed by atoms with Gasteiger partial charge in [-0.05, 0) is 70.7 Å². The molecule has 3 N–H and O–H groups in total. The molecule has 26 nitrogen and oxygen atoms in total. The number of carbonyl (C=O) groups is 4. The van der Waals surface area contributed by atoms with Crippen molar-refractivity contribution < 1.29 is 66.9 Å². The van der Waals surface area contributed by atoms with Gasteiger partial charge in [0.15, 0.2) is 34.4 Å². The molecule has 0 aromatic carbocycles. The Hall–Kier alpha value is -8.56. The molecule has 2 fully saturated rings. The molecule has 2 aliphatic heterocycles. The molecular weight excluding hydrogens is 1040 g/mol. The van der Waals surface area contributed by atoms with E-state index in [1.54, 1.807) is 72.9 Å². The molecule has 0 saturated carbocycles. The first-order valence-corrected chi connectivity index (χ1v) is 26.1. The summed E-state index contributed by atoms with van der Waals surface area (Å²) >= 11 is 0. The Balaban J connectivity index is 0.000000232. The molecule has 8 heterocycles. The van der Waals surface area contributed by atoms with Crippen LogP contribution in [0.2, 0.25) is 0 Å². The predicted molar refractivity (Wildman–Crippen MR) is 284 cm³/mol. The molecule has 8 rings (SSSR count). The van der Waals surface area contributed by atoms with Crippen LogP contribution in [0.4, 0.5) is 11.6 Å². The van der Waals surface area contributed by atoms with E-state index in [1.165, 1.54) is 12.4 Å². The minimum Gasteiger partial charge on any atom is -0.487 e. The zero-order valence-electron chi connectivity index (χ0n) is 44.8. The molecule has 0 atom stereocenters. The number of carboxylic acid groups (broad SMARTS) is 1. The number of nitrogens with one attached hydrogen (secondary N) is 2. The van der Waals surface area contributed by atoms with Crippen LogP contribution in [-0.4, -0.2) is 165 Å². The first-order valence-electron chi connectivity index (χ1n) is 26.1. The fourth-order valence-corrected chi connectivity index (χ4v) is 7.87. The normalized spacial score (nSPS) is 13.8. The standard InChI is InChI=1S/C29H36N6O7.C25H28N6O7/c1-29(2,3)42-26(37)7-6-25(36)41-15-13-39-12-14-40-23-16-22-28(34-27(23)33-21-8-10-38-11-9-21)35(19-32-22)24-5-4-20(17-30)18-31-24;26-14-17-1-2-21(27-15-17)31-16-28-19-13-20(24(30-25(19)31)29-18-5-7-35-8-6-18)37-11-9-36-10-12-38-23(34)4-3-22(32)33/h4-5,16,18-19,21H,6-15H2,1-3H3,(H,33,34);1-2,13,15-16,18H,3-12H2,(H,29,30)(H,32,33). The molecule has 0 unspecified atom stereocenters. The highest BCUT2D eigenvalue weighted by molar-refractivity contribution is 5.80. The molecule has 2 aliphatic rings. The number of carbonyl (C=O) groups excluding carboxylic acids is 3. The highest BCUT2D eigenvalue weighted by Gasteiger charge is 2.22. The van der Waals surface area contributed by atoms with Gasteiger partial charge in [-0.25, -0.2) is 29.9 Å². The van der Waals surface area contributed by atoms with Crippen molar-refractivity contribution >= 4 is 57.8 Å². The van der Waals surface area contributed by atoms with Crippen molar-refractivity contribution in [1.29, 1.82) is 10.5 Å². The average Bonchev–Trinajstić information content (AvgIpc) is 4.07. The molecule has 26 heteroatoms. The molecular formula is C54H64N12O14. The van der Waals surface area contributed by atoms with Crippen molar-refractivity contribution in [2.75, 3.05) is 89.9 Å². The van der Waals surface area contributed by atoms with Crippen molar-refractivity contribution in [1.82, 2.24) is 39.0 Å². The van der Waals surface area contributed by atoms with Crippen LogP contribution in [0.1, 0.15) is 83.3 Å². The maximum absolute atomic E-state index is 11.9. The first kappa shape index (κ1) is 59.1. The Morgan fingerprint density at radius 2 is 1.04 bits per heavy atom. The zero-order valence-corrected chi connectivity index (χ0v) is 44.8. The van der Waals surface area contributed by atoms with E-state index >= 15 is 0 Å². The lowest BCUT2D eigenvalue weighted by atomic mass is 10.1. The average molecular weight is 1110 g/mol. The predicted octanol–water partition coefficient (Wildman–Crippen LogP) is 5.42. The zero-order chi connectivity index (χ0) is 56.7. The Kier molecular flexibility index (Phi) is 22.2. The van der Waals surface area contributed by atoms with E-state index in [9.17, 15) is 19.2 Å². The maximum Gasteiger partial charge on any atom is 0.306 e. The van der Waals surface area contributed by atoms with Gasteiger partial charge < -0.3 is 58.4 Å². The SMILES string of the molecule is CC(C)(C)OC(=O)CCC(=O)OCCOCCOc1cc2ncn(-c3ccc(C#N)cn3)c2nc1NC1CCOCC1.N#Cc1ccc(-n2cnc3cc(OCCOCCOC(=O)CCC(=O)O)c(NC4CCOCC4)nc32)nc1. The number of imidazole rings is 2. The van der Waals surface area contributed by atoms with Crippen molar-refractivity contribution in [2.24, 2.45) is 0 Å². The second-order valence-electron chi connectivity index (χ2n) is 19.0. The van der Waals surface area contributed by atoms with E-state index in [0.717, 1.165) is 25.7 Å². The van der Waals surface area contributed by atoms with Gasteiger partial charge in [-0.2, -0.15) is 10.5 Å². The van der Waals surface area contributed by atoms with Gasteiger partial charge in [-0.3, -0.25) is 28.3 Å². The number of carboxylic acids is 1. The quantitative estimate of drug-likeness (QED) is 0.0347. The number of aliphatic carboxylic acids is 1. The summed E-state index contributed by atoms with van der Waals surface area (Å²) in [6.07, 6.45) is 9.09. The van der Waals surface area contributed by atoms with Crippen molar-refractivity contribution in [2.45, 2.75) is 89.8 Å². The van der Waals surface area contributed by atoms with Crippen LogP contribution in [0.3, 0.4) is 0 Å². The van der Waals surface area contributed by atoms with Crippen LogP contribution >= 0.6 is 0 Å². The highest BCUT2D eigenvalue weighted by atomic mass is 16.6. The van der Waals surface area contributed by atoms with Crippen LogP contribution in [0.25, 0.3) is 34.0 Å². The van der Waals surface area contributed by atoms with E-state index in [0.29, 0.717) is 94.7 Å². The van der Waals surface area contributed by atoms with Crippen LogP contribution in [0.15, 0.2) is 61.4 Å². The monoisotopic (exact) mass is 1100 g/mol. The number of anilines is 2. The Bertz CT molecular complexity index is 3080. The number of hydrogen-bond donors (Lipinski definition) is 3. The lowest BCUT2D eigenvalue weighted by Crippen LogP contribution is -2.28. The molecule has 6 aromatic rings. The fourth-order valence-electron chi connectivity index (χ4n) is 7.87. The van der Waals surface area contributed by atoms with Gasteiger partial charge in [-0.1, -0.05) is 0 Å². The number of rotatable bonds is 26. The summed E-state index contributed by atoms with van der Waals surface area (Å²) in [5, 5.41) is 33.7. The third kappa shape index (κ3) is 18.5. The van der Waals surface area contributed by atoms with Gasteiger partial charge in [0.25, 0.3) is 0 Å². The summed E-state index contributed by atoms with van der Waals surface area (Å²) < 4.78 is 52.7. The van der Waals surface area contributed by atoms with Crippen LogP contribution in [-0.2, 0) is 52.3 Å². The van der Waals surface area contributed by atoms with Gasteiger partial charge in [-0.15, -0.1) is 0 Å². The van der Waals surface area contributed by atoms with E-state index in [-0.39, 0.29) is 90.6 Å². The molecule has 0 amide bonds. The minimum atomic E-state index is -1.05. The summed E-state index contributed by atoms with van der Waals surface area (Å²) in [4.78, 5) is 72.8. The number of pyridine rings is 4. The summed E-state index contributed by atoms with van der Waals surface area (Å²) in [7, 11) is 0. The number of esters is 3. The number of nitriles is 2. The molecule has 0 bridgehead atoms. The van der Waals surface area contributed by atoms with E-state index in [4.69, 9.17) is 68.2 Å². The summed E-state index contributed by atoms with van der Waals surface area (Å²) in [5.41, 5.74) is 2.75. The van der Waals surface area contributed by atoms with Gasteiger partial charge in [0.2, 0.25) is 0 Å². The van der Waals surface area contributed by atoms with Crippen molar-refractivity contribution in [3.05, 3.63) is 72.6 Å². The number of hydrogen-bond acceptors (Lipinski definition) is 23. The summed E-state index contributed by atoms with van der Waals surface area (Å²) in [5.74, 6) is 0.808. The molecule has 0 spiro atoms. The van der Waals surface area contributed by atoms with Gasteiger partial charge in [0.05, 0.1) is 63.2 Å². The number of fused-ring (bicyclic) bond motifs is 2. The molecule has 0 aliphatic carbocycles. The summed E-state index contributed by atoms with van der Waals surface area (Å²) in [6, 6.07) is 14.9. The van der Waals surface area contributed by atoms with Crippen molar-refractivity contribution in [3.63, 3.8) is 0 Å². The molecule has 2 saturated heterocycles. The maximum atomic E-state index is 11.9. The molecule has 0 radical (unpaired) electrons. The van der Waals surface area contributed by atoms with E-state index in [1.807, 2.05) is 6.07 Å². The molecule has 424 valence electrons. The van der Waals surface area contributed by atoms with Gasteiger partial charge in [0.1, 0.15) is 79.5 Å². The lowest BCUT2D eigenvalue weighted by molar-refractivity contribution is -0.158. The third-order valence-electron chi connectivity index (χ3n) is 11.8. The molecule has 80 heavy (non-hydrogen) atoms. The second-order valence-corrected chi connectivity index (χ2v) is 19.0. The smallest absolute Gasteiger partial charge is 0.306 e. The summed E-state index contributed by atoms with van der Waals surface area (Å²) in [6.45, 7) is 9.39. The minimum absolute atomic E-state index is 0.0311. The number of nitrogens with zero attached hydrogens (tertiary/aromatic N) is 10. The van der Waals surface area contributed by atoms with E-state index in [2.05, 4.69) is 42.7 Å². The fraction of sp³-hybridized carbons (Fsp3) is 0.481. The third-order valence-corrected chi connectivity index (χ3v) is 11.8. The number of ether oxygens (including phenoxy) is 9.